The Morgan fingerprint density at radius 3 is 2.69 bits per heavy atom. The second-order valence-electron chi connectivity index (χ2n) is 9.04. The van der Waals surface area contributed by atoms with Gasteiger partial charge in [-0.15, -0.1) is 0 Å². The zero-order chi connectivity index (χ0) is 20.5. The molecule has 5 rings (SSSR count). The molecule has 0 aromatic heterocycles. The van der Waals surface area contributed by atoms with Gasteiger partial charge in [-0.2, -0.15) is 0 Å². The Morgan fingerprint density at radius 2 is 1.97 bits per heavy atom. The van der Waals surface area contributed by atoms with Gasteiger partial charge < -0.3 is 15.0 Å². The number of hydrogen-bond donors (Lipinski definition) is 1. The molecule has 4 aliphatic rings. The predicted octanol–water partition coefficient (Wildman–Crippen LogP) is 2.82. The van der Waals surface area contributed by atoms with Crippen molar-refractivity contribution in [1.82, 2.24) is 4.90 Å². The van der Waals surface area contributed by atoms with Crippen molar-refractivity contribution in [2.45, 2.75) is 57.0 Å². The SMILES string of the molecule is COc1ccc2c(c1)NC(=O)[C@@]21C[C@H]2C(=O)C3CCC[C@H]3C(=O)N2[C@H]1C=C(C)C. The van der Waals surface area contributed by atoms with Crippen LogP contribution in [0.5, 0.6) is 5.75 Å². The van der Waals surface area contributed by atoms with Crippen LogP contribution < -0.4 is 10.1 Å². The Labute approximate surface area is 170 Å². The van der Waals surface area contributed by atoms with Crippen LogP contribution in [-0.4, -0.2) is 41.7 Å². The molecule has 6 nitrogen and oxygen atoms in total. The largest absolute Gasteiger partial charge is 0.497 e. The zero-order valence-corrected chi connectivity index (χ0v) is 17.0. The Morgan fingerprint density at radius 1 is 1.21 bits per heavy atom. The minimum Gasteiger partial charge on any atom is -0.497 e. The first kappa shape index (κ1) is 18.4. The molecule has 1 aromatic carbocycles. The van der Waals surface area contributed by atoms with Gasteiger partial charge in [-0.3, -0.25) is 14.4 Å². The molecule has 5 atom stereocenters. The highest BCUT2D eigenvalue weighted by Crippen LogP contribution is 2.55. The number of methoxy groups -OCH3 is 1. The number of ether oxygens (including phenoxy) is 1. The molecule has 29 heavy (non-hydrogen) atoms. The van der Waals surface area contributed by atoms with E-state index in [-0.39, 0.29) is 29.4 Å². The lowest BCUT2D eigenvalue weighted by atomic mass is 9.73. The Bertz CT molecular complexity index is 964. The number of nitrogens with one attached hydrogen (secondary N) is 1. The van der Waals surface area contributed by atoms with Gasteiger partial charge in [-0.05, 0) is 44.7 Å². The topological polar surface area (TPSA) is 75.7 Å². The molecule has 0 bridgehead atoms. The molecule has 152 valence electrons. The summed E-state index contributed by atoms with van der Waals surface area (Å²) in [7, 11) is 1.59. The van der Waals surface area contributed by atoms with Gasteiger partial charge in [0.2, 0.25) is 11.8 Å². The molecular formula is C23H26N2O4. The van der Waals surface area contributed by atoms with Gasteiger partial charge in [0.1, 0.15) is 11.2 Å². The zero-order valence-electron chi connectivity index (χ0n) is 17.0. The molecular weight excluding hydrogens is 368 g/mol. The number of carbonyl (C=O) groups is 3. The van der Waals surface area contributed by atoms with E-state index in [2.05, 4.69) is 5.32 Å². The minimum absolute atomic E-state index is 0.0474. The molecule has 1 saturated carbocycles. The van der Waals surface area contributed by atoms with Crippen molar-refractivity contribution in [1.29, 1.82) is 0 Å². The van der Waals surface area contributed by atoms with E-state index in [9.17, 15) is 14.4 Å². The molecule has 2 amide bonds. The molecule has 0 radical (unpaired) electrons. The number of fused-ring (bicyclic) bond motifs is 4. The Kier molecular flexibility index (Phi) is 3.92. The van der Waals surface area contributed by atoms with Gasteiger partial charge in [0, 0.05) is 23.6 Å². The van der Waals surface area contributed by atoms with E-state index in [4.69, 9.17) is 4.74 Å². The second kappa shape index (κ2) is 6.18. The molecule has 1 spiro atoms. The van der Waals surface area contributed by atoms with Crippen LogP contribution in [0, 0.1) is 11.8 Å². The first-order valence-corrected chi connectivity index (χ1v) is 10.4. The van der Waals surface area contributed by atoms with E-state index in [1.54, 1.807) is 12.0 Å². The number of nitrogens with zero attached hydrogens (tertiary/aromatic N) is 1. The molecule has 1 N–H and O–H groups in total. The predicted molar refractivity (Wildman–Crippen MR) is 108 cm³/mol. The minimum atomic E-state index is -0.937. The van der Waals surface area contributed by atoms with Gasteiger partial charge in [-0.25, -0.2) is 0 Å². The quantitative estimate of drug-likeness (QED) is 0.783. The first-order valence-electron chi connectivity index (χ1n) is 10.4. The summed E-state index contributed by atoms with van der Waals surface area (Å²) in [6, 6.07) is 4.59. The monoisotopic (exact) mass is 394 g/mol. The Hall–Kier alpha value is -2.63. The van der Waals surface area contributed by atoms with Crippen LogP contribution in [0.2, 0.25) is 0 Å². The fraction of sp³-hybridized carbons (Fsp3) is 0.522. The molecule has 3 fully saturated rings. The molecule has 1 unspecified atom stereocenters. The summed E-state index contributed by atoms with van der Waals surface area (Å²) >= 11 is 0. The summed E-state index contributed by atoms with van der Waals surface area (Å²) in [6.45, 7) is 3.94. The van der Waals surface area contributed by atoms with Crippen molar-refractivity contribution < 1.29 is 19.1 Å². The van der Waals surface area contributed by atoms with Gasteiger partial charge >= 0.3 is 0 Å². The number of rotatable bonds is 2. The van der Waals surface area contributed by atoms with Gasteiger partial charge in [0.25, 0.3) is 0 Å². The Balaban J connectivity index is 1.69. The number of piperidine rings is 1. The van der Waals surface area contributed by atoms with Crippen molar-refractivity contribution >= 4 is 23.3 Å². The second-order valence-corrected chi connectivity index (χ2v) is 9.04. The summed E-state index contributed by atoms with van der Waals surface area (Å²) in [6.07, 6.45) is 4.83. The molecule has 6 heteroatoms. The van der Waals surface area contributed by atoms with Crippen molar-refractivity contribution in [3.05, 3.63) is 35.4 Å². The molecule has 3 heterocycles. The van der Waals surface area contributed by atoms with Crippen molar-refractivity contribution in [3.8, 4) is 5.75 Å². The van der Waals surface area contributed by atoms with Crippen LogP contribution in [-0.2, 0) is 19.8 Å². The fourth-order valence-corrected chi connectivity index (χ4v) is 6.05. The number of hydrogen-bond acceptors (Lipinski definition) is 4. The average molecular weight is 394 g/mol. The van der Waals surface area contributed by atoms with Crippen molar-refractivity contribution in [2.24, 2.45) is 11.8 Å². The van der Waals surface area contributed by atoms with Crippen LogP contribution in [0.3, 0.4) is 0 Å². The average Bonchev–Trinajstić information content (AvgIpc) is 3.36. The third-order valence-corrected chi connectivity index (χ3v) is 7.29. The maximum atomic E-state index is 13.5. The van der Waals surface area contributed by atoms with E-state index in [0.29, 0.717) is 17.9 Å². The first-order chi connectivity index (χ1) is 13.9. The maximum absolute atomic E-state index is 13.5. The number of benzene rings is 1. The molecule has 1 aromatic rings. The van der Waals surface area contributed by atoms with E-state index >= 15 is 0 Å². The number of amides is 2. The summed E-state index contributed by atoms with van der Waals surface area (Å²) in [5.41, 5.74) is 1.65. The van der Waals surface area contributed by atoms with E-state index in [1.807, 2.05) is 38.1 Å². The normalized spacial score (nSPS) is 34.7. The van der Waals surface area contributed by atoms with Gasteiger partial charge in [0.05, 0.1) is 19.2 Å². The van der Waals surface area contributed by atoms with Crippen molar-refractivity contribution in [3.63, 3.8) is 0 Å². The van der Waals surface area contributed by atoms with Crippen LogP contribution in [0.4, 0.5) is 5.69 Å². The smallest absolute Gasteiger partial charge is 0.237 e. The van der Waals surface area contributed by atoms with Crippen LogP contribution in [0.15, 0.2) is 29.8 Å². The standard InChI is InChI=1S/C23H26N2O4/c1-12(2)9-19-23(16-8-7-13(29-3)10-17(16)24-22(23)28)11-18-20(26)14-5-4-6-15(14)21(27)25(18)19/h7-10,14-15,18-19H,4-6,11H2,1-3H3,(H,24,28)/t14?,15-,18+,19+,23+/m1/s1. The van der Waals surface area contributed by atoms with Crippen molar-refractivity contribution in [2.75, 3.05) is 12.4 Å². The third-order valence-electron chi connectivity index (χ3n) is 7.29. The molecule has 2 saturated heterocycles. The third kappa shape index (κ3) is 2.31. The number of ketones is 1. The highest BCUT2D eigenvalue weighted by Gasteiger charge is 2.66. The van der Waals surface area contributed by atoms with Crippen LogP contribution in [0.25, 0.3) is 0 Å². The summed E-state index contributed by atoms with van der Waals surface area (Å²) < 4.78 is 5.31. The molecule has 3 aliphatic heterocycles. The van der Waals surface area contributed by atoms with Gasteiger partial charge in [0.15, 0.2) is 5.78 Å². The lowest BCUT2D eigenvalue weighted by Crippen LogP contribution is -2.56. The maximum Gasteiger partial charge on any atom is 0.237 e. The summed E-state index contributed by atoms with van der Waals surface area (Å²) in [5.74, 6) is 0.325. The number of anilines is 1. The van der Waals surface area contributed by atoms with E-state index in [1.165, 1.54) is 0 Å². The number of Topliss-reactive ketones (excluding diaryl/α,β-unsaturated/α-hetero) is 1. The lowest BCUT2D eigenvalue weighted by Gasteiger charge is -2.39. The number of allylic oxidation sites excluding steroid dienone is 1. The van der Waals surface area contributed by atoms with Crippen LogP contribution in [0.1, 0.15) is 45.1 Å². The summed E-state index contributed by atoms with van der Waals surface area (Å²) in [5, 5.41) is 3.00. The van der Waals surface area contributed by atoms with E-state index < -0.39 is 17.5 Å². The highest BCUT2D eigenvalue weighted by atomic mass is 16.5. The number of carbonyl (C=O) groups excluding carboxylic acids is 3. The fourth-order valence-electron chi connectivity index (χ4n) is 6.05. The molecule has 1 aliphatic carbocycles. The van der Waals surface area contributed by atoms with E-state index in [0.717, 1.165) is 30.4 Å². The van der Waals surface area contributed by atoms with Gasteiger partial charge in [-0.1, -0.05) is 24.1 Å². The van der Waals surface area contributed by atoms with Crippen LogP contribution >= 0.6 is 0 Å². The summed E-state index contributed by atoms with van der Waals surface area (Å²) in [4.78, 5) is 42.0. The lowest BCUT2D eigenvalue weighted by molar-refractivity contribution is -0.152. The highest BCUT2D eigenvalue weighted by molar-refractivity contribution is 6.10.